The van der Waals surface area contributed by atoms with Crippen LogP contribution < -0.4 is 5.32 Å². The predicted molar refractivity (Wildman–Crippen MR) is 105 cm³/mol. The van der Waals surface area contributed by atoms with E-state index in [1.165, 1.54) is 70.6 Å². The normalized spacial score (nSPS) is 18.7. The van der Waals surface area contributed by atoms with Crippen LogP contribution in [0.2, 0.25) is 0 Å². The summed E-state index contributed by atoms with van der Waals surface area (Å²) in [5, 5.41) is 13.2. The van der Waals surface area contributed by atoms with Gasteiger partial charge in [-0.1, -0.05) is 84.0 Å². The van der Waals surface area contributed by atoms with Crippen molar-refractivity contribution in [1.82, 2.24) is 5.32 Å². The Kier molecular flexibility index (Phi) is 15.8. The van der Waals surface area contributed by atoms with Gasteiger partial charge in [-0.05, 0) is 19.3 Å². The largest absolute Gasteiger partial charge is 0.393 e. The molecule has 0 bridgehead atoms. The molecule has 4 heteroatoms. The first-order valence-electron chi connectivity index (χ1n) is 11.0. The molecule has 1 aliphatic rings. The minimum Gasteiger partial charge on any atom is -0.393 e. The summed E-state index contributed by atoms with van der Waals surface area (Å²) in [6.45, 7) is 4.69. The van der Waals surface area contributed by atoms with Crippen molar-refractivity contribution < 1.29 is 14.6 Å². The maximum absolute atomic E-state index is 10.0. The fraction of sp³-hybridized carbons (Fsp3) is 1.00. The van der Waals surface area contributed by atoms with Crippen LogP contribution in [-0.2, 0) is 9.47 Å². The number of aliphatic hydroxyl groups is 1. The summed E-state index contributed by atoms with van der Waals surface area (Å²) in [6, 6.07) is 0. The molecule has 0 aromatic heterocycles. The lowest BCUT2D eigenvalue weighted by Crippen LogP contribution is -2.26. The van der Waals surface area contributed by atoms with Crippen LogP contribution in [0.5, 0.6) is 0 Å². The third-order valence-electron chi connectivity index (χ3n) is 5.02. The third-order valence-corrected chi connectivity index (χ3v) is 5.02. The lowest BCUT2D eigenvalue weighted by molar-refractivity contribution is -0.123. The van der Waals surface area contributed by atoms with Crippen molar-refractivity contribution in [3.05, 3.63) is 0 Å². The molecule has 0 amide bonds. The SMILES string of the molecule is CCCCCCCCCCC(O)CCCCCCCOC1NCCO1. The van der Waals surface area contributed by atoms with Crippen molar-refractivity contribution in [1.29, 1.82) is 0 Å². The molecule has 1 heterocycles. The molecule has 0 radical (unpaired) electrons. The summed E-state index contributed by atoms with van der Waals surface area (Å²) in [4.78, 5) is 0. The molecular formula is C21H43NO3. The van der Waals surface area contributed by atoms with Gasteiger partial charge in [-0.15, -0.1) is 0 Å². The summed E-state index contributed by atoms with van der Waals surface area (Å²) in [5.41, 5.74) is 0. The number of aliphatic hydroxyl groups excluding tert-OH is 1. The number of hydrogen-bond donors (Lipinski definition) is 2. The van der Waals surface area contributed by atoms with Gasteiger partial charge < -0.3 is 14.6 Å². The molecule has 1 rings (SSSR count). The Bertz CT molecular complexity index is 270. The van der Waals surface area contributed by atoms with Gasteiger partial charge in [0.25, 0.3) is 0 Å². The van der Waals surface area contributed by atoms with E-state index in [1.54, 1.807) is 0 Å². The van der Waals surface area contributed by atoms with Gasteiger partial charge in [0.15, 0.2) is 0 Å². The van der Waals surface area contributed by atoms with E-state index >= 15 is 0 Å². The van der Waals surface area contributed by atoms with E-state index in [0.29, 0.717) is 0 Å². The Morgan fingerprint density at radius 3 is 2.00 bits per heavy atom. The first-order valence-corrected chi connectivity index (χ1v) is 11.0. The maximum Gasteiger partial charge on any atom is 0.216 e. The number of ether oxygens (including phenoxy) is 2. The lowest BCUT2D eigenvalue weighted by Gasteiger charge is -2.11. The topological polar surface area (TPSA) is 50.7 Å². The van der Waals surface area contributed by atoms with Gasteiger partial charge in [0.2, 0.25) is 6.41 Å². The highest BCUT2D eigenvalue weighted by atomic mass is 16.7. The van der Waals surface area contributed by atoms with Gasteiger partial charge in [0.05, 0.1) is 19.3 Å². The Hall–Kier alpha value is -0.160. The summed E-state index contributed by atoms with van der Waals surface area (Å²) < 4.78 is 10.9. The summed E-state index contributed by atoms with van der Waals surface area (Å²) in [5.74, 6) is 0. The molecule has 150 valence electrons. The van der Waals surface area contributed by atoms with E-state index in [2.05, 4.69) is 12.2 Å². The van der Waals surface area contributed by atoms with Crippen LogP contribution in [-0.4, -0.2) is 37.4 Å². The van der Waals surface area contributed by atoms with Gasteiger partial charge in [0.1, 0.15) is 0 Å². The fourth-order valence-electron chi connectivity index (χ4n) is 3.37. The average Bonchev–Trinajstić information content (AvgIpc) is 3.13. The molecule has 0 aromatic rings. The molecule has 0 spiro atoms. The van der Waals surface area contributed by atoms with E-state index in [9.17, 15) is 5.11 Å². The first kappa shape index (κ1) is 22.9. The van der Waals surface area contributed by atoms with E-state index in [0.717, 1.165) is 45.4 Å². The van der Waals surface area contributed by atoms with Gasteiger partial charge in [0, 0.05) is 6.54 Å². The molecule has 0 aromatic carbocycles. The minimum atomic E-state index is -0.175. The van der Waals surface area contributed by atoms with Gasteiger partial charge in [-0.3, -0.25) is 5.32 Å². The lowest BCUT2D eigenvalue weighted by atomic mass is 10.0. The Morgan fingerprint density at radius 2 is 1.44 bits per heavy atom. The Morgan fingerprint density at radius 1 is 0.880 bits per heavy atom. The van der Waals surface area contributed by atoms with E-state index < -0.39 is 0 Å². The van der Waals surface area contributed by atoms with Crippen LogP contribution in [0.15, 0.2) is 0 Å². The van der Waals surface area contributed by atoms with Gasteiger partial charge >= 0.3 is 0 Å². The molecule has 2 unspecified atom stereocenters. The van der Waals surface area contributed by atoms with E-state index in [1.807, 2.05) is 0 Å². The summed E-state index contributed by atoms with van der Waals surface area (Å²) in [7, 11) is 0. The molecule has 0 aliphatic carbocycles. The Labute approximate surface area is 156 Å². The second kappa shape index (κ2) is 17.3. The molecule has 1 aliphatic heterocycles. The predicted octanol–water partition coefficient (Wildman–Crippen LogP) is 5.14. The fourth-order valence-corrected chi connectivity index (χ4v) is 3.37. The highest BCUT2D eigenvalue weighted by molar-refractivity contribution is 4.58. The van der Waals surface area contributed by atoms with Gasteiger partial charge in [-0.25, -0.2) is 0 Å². The molecule has 2 N–H and O–H groups in total. The van der Waals surface area contributed by atoms with Crippen molar-refractivity contribution >= 4 is 0 Å². The van der Waals surface area contributed by atoms with Crippen LogP contribution in [0.25, 0.3) is 0 Å². The zero-order chi connectivity index (χ0) is 18.0. The summed E-state index contributed by atoms with van der Waals surface area (Å²) >= 11 is 0. The molecule has 0 saturated carbocycles. The first-order chi connectivity index (χ1) is 12.3. The minimum absolute atomic E-state index is 0.0750. The third kappa shape index (κ3) is 14.7. The van der Waals surface area contributed by atoms with E-state index in [4.69, 9.17) is 9.47 Å². The van der Waals surface area contributed by atoms with Crippen molar-refractivity contribution in [2.24, 2.45) is 0 Å². The zero-order valence-corrected chi connectivity index (χ0v) is 16.6. The van der Waals surface area contributed by atoms with E-state index in [-0.39, 0.29) is 12.5 Å². The molecule has 4 nitrogen and oxygen atoms in total. The number of nitrogens with one attached hydrogen (secondary N) is 1. The summed E-state index contributed by atoms with van der Waals surface area (Å²) in [6.07, 6.45) is 18.4. The zero-order valence-electron chi connectivity index (χ0n) is 16.6. The highest BCUT2D eigenvalue weighted by Gasteiger charge is 2.13. The molecule has 1 fully saturated rings. The van der Waals surface area contributed by atoms with Crippen LogP contribution in [0.3, 0.4) is 0 Å². The van der Waals surface area contributed by atoms with Crippen LogP contribution >= 0.6 is 0 Å². The van der Waals surface area contributed by atoms with Crippen molar-refractivity contribution in [3.63, 3.8) is 0 Å². The average molecular weight is 358 g/mol. The molecule has 25 heavy (non-hydrogen) atoms. The van der Waals surface area contributed by atoms with Crippen molar-refractivity contribution in [2.75, 3.05) is 19.8 Å². The van der Waals surface area contributed by atoms with Crippen LogP contribution in [0.4, 0.5) is 0 Å². The molecule has 1 saturated heterocycles. The van der Waals surface area contributed by atoms with Crippen molar-refractivity contribution in [2.45, 2.75) is 116 Å². The van der Waals surface area contributed by atoms with Crippen LogP contribution in [0.1, 0.15) is 103 Å². The maximum atomic E-state index is 10.0. The molecular weight excluding hydrogens is 314 g/mol. The smallest absolute Gasteiger partial charge is 0.216 e. The van der Waals surface area contributed by atoms with Crippen molar-refractivity contribution in [3.8, 4) is 0 Å². The number of rotatable bonds is 18. The highest BCUT2D eigenvalue weighted by Crippen LogP contribution is 2.14. The monoisotopic (exact) mass is 357 g/mol. The van der Waals surface area contributed by atoms with Crippen LogP contribution in [0, 0.1) is 0 Å². The second-order valence-electron chi connectivity index (χ2n) is 7.50. The number of unbranched alkanes of at least 4 members (excludes halogenated alkanes) is 11. The van der Waals surface area contributed by atoms with Gasteiger partial charge in [-0.2, -0.15) is 0 Å². The second-order valence-corrected chi connectivity index (χ2v) is 7.50. The molecule has 2 atom stereocenters. The quantitative estimate of drug-likeness (QED) is 0.334. The standard InChI is InChI=1S/C21H43NO3/c1-2-3-4-5-6-7-9-12-15-20(23)16-13-10-8-11-14-18-24-21-22-17-19-25-21/h20-23H,2-19H2,1H3. The number of hydrogen-bond acceptors (Lipinski definition) is 4. The Balaban J connectivity index is 1.72.